The summed E-state index contributed by atoms with van der Waals surface area (Å²) in [6.07, 6.45) is 1.48. The van der Waals surface area contributed by atoms with Crippen LogP contribution < -0.4 is 5.32 Å². The van der Waals surface area contributed by atoms with Crippen LogP contribution in [0.5, 0.6) is 0 Å². The van der Waals surface area contributed by atoms with Gasteiger partial charge in [0.05, 0.1) is 30.5 Å². The predicted octanol–water partition coefficient (Wildman–Crippen LogP) is 2.87. The Bertz CT molecular complexity index is 569. The Labute approximate surface area is 137 Å². The van der Waals surface area contributed by atoms with Gasteiger partial charge in [0.1, 0.15) is 0 Å². The van der Waals surface area contributed by atoms with Gasteiger partial charge in [-0.2, -0.15) is 18.3 Å². The van der Waals surface area contributed by atoms with Crippen LogP contribution in [0.25, 0.3) is 0 Å². The Hall–Kier alpha value is -1.77. The molecule has 2 saturated heterocycles. The molecule has 1 aromatic rings. The minimum Gasteiger partial charge on any atom is -0.376 e. The van der Waals surface area contributed by atoms with E-state index < -0.39 is 18.1 Å². The number of aromatic nitrogens is 2. The average Bonchev–Trinajstić information content (AvgIpc) is 3.19. The van der Waals surface area contributed by atoms with Gasteiger partial charge in [-0.05, 0) is 25.7 Å². The zero-order valence-corrected chi connectivity index (χ0v) is 13.3. The van der Waals surface area contributed by atoms with E-state index in [2.05, 4.69) is 10.4 Å². The quantitative estimate of drug-likeness (QED) is 0.916. The van der Waals surface area contributed by atoms with Gasteiger partial charge in [0.25, 0.3) is 0 Å². The van der Waals surface area contributed by atoms with Crippen LogP contribution in [0.2, 0.25) is 0 Å². The van der Waals surface area contributed by atoms with E-state index in [1.54, 1.807) is 10.9 Å². The van der Waals surface area contributed by atoms with Crippen molar-refractivity contribution in [2.45, 2.75) is 44.5 Å². The molecular formula is C15H21F3N4O2. The molecule has 2 aliphatic rings. The normalized spacial score (nSPS) is 25.0. The lowest BCUT2D eigenvalue weighted by Crippen LogP contribution is -2.46. The second-order valence-electron chi connectivity index (χ2n) is 6.34. The summed E-state index contributed by atoms with van der Waals surface area (Å²) in [6.45, 7) is 1.41. The van der Waals surface area contributed by atoms with Gasteiger partial charge >= 0.3 is 12.2 Å². The third kappa shape index (κ3) is 4.19. The number of amides is 2. The molecule has 0 aliphatic carbocycles. The first-order valence-electron chi connectivity index (χ1n) is 8.18. The summed E-state index contributed by atoms with van der Waals surface area (Å²) in [7, 11) is 0. The number of hydrogen-bond acceptors (Lipinski definition) is 3. The Morgan fingerprint density at radius 1 is 1.38 bits per heavy atom. The maximum Gasteiger partial charge on any atom is 0.393 e. The van der Waals surface area contributed by atoms with E-state index >= 15 is 0 Å². The highest BCUT2D eigenvalue weighted by Crippen LogP contribution is 2.33. The number of halogens is 3. The number of ether oxygens (including phenoxy) is 1. The van der Waals surface area contributed by atoms with Gasteiger partial charge in [-0.15, -0.1) is 0 Å². The topological polar surface area (TPSA) is 59.4 Å². The minimum absolute atomic E-state index is 0.0760. The first kappa shape index (κ1) is 17.1. The fraction of sp³-hybridized carbons (Fsp3) is 0.733. The second-order valence-corrected chi connectivity index (χ2v) is 6.34. The van der Waals surface area contributed by atoms with Crippen molar-refractivity contribution in [2.75, 3.05) is 25.0 Å². The van der Waals surface area contributed by atoms with Crippen LogP contribution in [0.1, 0.15) is 25.7 Å². The number of likely N-dealkylation sites (tertiary alicyclic amines) is 1. The average molecular weight is 346 g/mol. The third-order valence-electron chi connectivity index (χ3n) is 4.47. The summed E-state index contributed by atoms with van der Waals surface area (Å²) in [5, 5.41) is 6.78. The number of rotatable bonds is 3. The SMILES string of the molecule is O=C(Nc1cnn(CC2CCCO2)c1)N1CCCC(C(F)(F)F)C1. The number of hydrogen-bond donors (Lipinski definition) is 1. The number of carbonyl (C=O) groups excluding carboxylic acids is 1. The summed E-state index contributed by atoms with van der Waals surface area (Å²) in [4.78, 5) is 13.4. The molecule has 3 rings (SSSR count). The lowest BCUT2D eigenvalue weighted by Gasteiger charge is -2.33. The van der Waals surface area contributed by atoms with Crippen LogP contribution in [0.3, 0.4) is 0 Å². The van der Waals surface area contributed by atoms with E-state index in [4.69, 9.17) is 4.74 Å². The van der Waals surface area contributed by atoms with Gasteiger partial charge in [0, 0.05) is 25.9 Å². The monoisotopic (exact) mass is 346 g/mol. The smallest absolute Gasteiger partial charge is 0.376 e. The zero-order chi connectivity index (χ0) is 17.2. The van der Waals surface area contributed by atoms with Crippen molar-refractivity contribution in [3.8, 4) is 0 Å². The van der Waals surface area contributed by atoms with E-state index in [0.29, 0.717) is 25.2 Å². The van der Waals surface area contributed by atoms with E-state index in [1.807, 2.05) is 0 Å². The molecule has 24 heavy (non-hydrogen) atoms. The van der Waals surface area contributed by atoms with Gasteiger partial charge in [-0.1, -0.05) is 0 Å². The molecule has 0 bridgehead atoms. The highest BCUT2D eigenvalue weighted by molar-refractivity contribution is 5.89. The number of carbonyl (C=O) groups is 1. The third-order valence-corrected chi connectivity index (χ3v) is 4.47. The molecule has 134 valence electrons. The number of alkyl halides is 3. The van der Waals surface area contributed by atoms with Crippen molar-refractivity contribution in [3.63, 3.8) is 0 Å². The summed E-state index contributed by atoms with van der Waals surface area (Å²) in [6, 6.07) is -0.513. The van der Waals surface area contributed by atoms with Crippen LogP contribution >= 0.6 is 0 Å². The summed E-state index contributed by atoms with van der Waals surface area (Å²) >= 11 is 0. The van der Waals surface area contributed by atoms with Crippen molar-refractivity contribution in [2.24, 2.45) is 5.92 Å². The largest absolute Gasteiger partial charge is 0.393 e. The Morgan fingerprint density at radius 3 is 2.92 bits per heavy atom. The van der Waals surface area contributed by atoms with Crippen LogP contribution in [-0.4, -0.2) is 52.7 Å². The number of urea groups is 1. The molecule has 1 aromatic heterocycles. The molecule has 2 amide bonds. The van der Waals surface area contributed by atoms with Crippen LogP contribution in [-0.2, 0) is 11.3 Å². The summed E-state index contributed by atoms with van der Waals surface area (Å²) in [5.74, 6) is -1.45. The Balaban J connectivity index is 1.53. The molecule has 0 saturated carbocycles. The van der Waals surface area contributed by atoms with Gasteiger partial charge in [-0.3, -0.25) is 4.68 Å². The van der Waals surface area contributed by atoms with E-state index in [0.717, 1.165) is 19.4 Å². The molecule has 2 fully saturated rings. The predicted molar refractivity (Wildman–Crippen MR) is 80.6 cm³/mol. The summed E-state index contributed by atoms with van der Waals surface area (Å²) < 4.78 is 45.7. The number of anilines is 1. The standard InChI is InChI=1S/C15H21F3N4O2/c16-15(17,18)11-3-1-5-21(8-11)14(23)20-12-7-19-22(9-12)10-13-4-2-6-24-13/h7,9,11,13H,1-6,8,10H2,(H,20,23). The molecule has 2 unspecified atom stereocenters. The molecule has 1 N–H and O–H groups in total. The molecule has 0 spiro atoms. The van der Waals surface area contributed by atoms with E-state index in [-0.39, 0.29) is 19.1 Å². The molecular weight excluding hydrogens is 325 g/mol. The number of nitrogens with one attached hydrogen (secondary N) is 1. The first-order chi connectivity index (χ1) is 11.4. The molecule has 6 nitrogen and oxygen atoms in total. The zero-order valence-electron chi connectivity index (χ0n) is 13.3. The number of nitrogens with zero attached hydrogens (tertiary/aromatic N) is 3. The van der Waals surface area contributed by atoms with Gasteiger partial charge in [-0.25, -0.2) is 4.79 Å². The number of piperidine rings is 1. The molecule has 9 heteroatoms. The lowest BCUT2D eigenvalue weighted by molar-refractivity contribution is -0.183. The Morgan fingerprint density at radius 2 is 2.21 bits per heavy atom. The van der Waals surface area contributed by atoms with Crippen molar-refractivity contribution < 1.29 is 22.7 Å². The van der Waals surface area contributed by atoms with E-state index in [9.17, 15) is 18.0 Å². The first-order valence-corrected chi connectivity index (χ1v) is 8.18. The van der Waals surface area contributed by atoms with Crippen LogP contribution in [0.4, 0.5) is 23.7 Å². The molecule has 2 atom stereocenters. The van der Waals surface area contributed by atoms with Crippen molar-refractivity contribution in [1.29, 1.82) is 0 Å². The van der Waals surface area contributed by atoms with E-state index in [1.165, 1.54) is 11.1 Å². The van der Waals surface area contributed by atoms with Gasteiger partial charge in [0.15, 0.2) is 0 Å². The van der Waals surface area contributed by atoms with Crippen LogP contribution in [0, 0.1) is 5.92 Å². The second kappa shape index (κ2) is 7.00. The lowest BCUT2D eigenvalue weighted by atomic mass is 9.98. The molecule has 0 radical (unpaired) electrons. The molecule has 2 aliphatic heterocycles. The summed E-state index contributed by atoms with van der Waals surface area (Å²) in [5.41, 5.74) is 0.479. The van der Waals surface area contributed by atoms with Gasteiger partial charge < -0.3 is 15.0 Å². The maximum atomic E-state index is 12.8. The van der Waals surface area contributed by atoms with Crippen molar-refractivity contribution in [3.05, 3.63) is 12.4 Å². The van der Waals surface area contributed by atoms with Crippen molar-refractivity contribution >= 4 is 11.7 Å². The fourth-order valence-corrected chi connectivity index (χ4v) is 3.16. The maximum absolute atomic E-state index is 12.8. The highest BCUT2D eigenvalue weighted by atomic mass is 19.4. The molecule has 0 aromatic carbocycles. The van der Waals surface area contributed by atoms with Gasteiger partial charge in [0.2, 0.25) is 0 Å². The highest BCUT2D eigenvalue weighted by Gasteiger charge is 2.42. The fourth-order valence-electron chi connectivity index (χ4n) is 3.16. The minimum atomic E-state index is -4.26. The van der Waals surface area contributed by atoms with Crippen molar-refractivity contribution in [1.82, 2.24) is 14.7 Å². The van der Waals surface area contributed by atoms with Crippen LogP contribution in [0.15, 0.2) is 12.4 Å². The Kier molecular flexibility index (Phi) is 4.98. The molecule has 3 heterocycles.